The Morgan fingerprint density at radius 1 is 0.774 bits per heavy atom. The van der Waals surface area contributed by atoms with Crippen LogP contribution >= 0.6 is 0 Å². The van der Waals surface area contributed by atoms with E-state index in [1.54, 1.807) is 0 Å². The molecule has 0 aromatic heterocycles. The highest BCUT2D eigenvalue weighted by atomic mass is 16.5. The van der Waals surface area contributed by atoms with Crippen LogP contribution in [0.3, 0.4) is 0 Å². The van der Waals surface area contributed by atoms with Crippen LogP contribution in [-0.2, 0) is 11.4 Å². The van der Waals surface area contributed by atoms with Gasteiger partial charge in [-0.3, -0.25) is 9.59 Å². The highest BCUT2D eigenvalue weighted by Gasteiger charge is 2.30. The predicted octanol–water partition coefficient (Wildman–Crippen LogP) is 4.52. The van der Waals surface area contributed by atoms with Gasteiger partial charge in [-0.15, -0.1) is 0 Å². The van der Waals surface area contributed by atoms with E-state index in [0.717, 1.165) is 50.1 Å². The fraction of sp³-hybridized carbons (Fsp3) is 0.462. The van der Waals surface area contributed by atoms with E-state index >= 15 is 0 Å². The summed E-state index contributed by atoms with van der Waals surface area (Å²) >= 11 is 0. The Kier molecular flexibility index (Phi) is 7.23. The fourth-order valence-electron chi connectivity index (χ4n) is 4.49. The average molecular weight is 421 g/mol. The van der Waals surface area contributed by atoms with E-state index in [2.05, 4.69) is 4.90 Å². The molecule has 0 bridgehead atoms. The third-order valence-electron chi connectivity index (χ3n) is 6.40. The first kappa shape index (κ1) is 21.4. The van der Waals surface area contributed by atoms with Crippen LogP contribution in [0.15, 0.2) is 54.6 Å². The van der Waals surface area contributed by atoms with Gasteiger partial charge in [-0.05, 0) is 55.5 Å². The number of benzene rings is 2. The molecule has 0 atom stereocenters. The van der Waals surface area contributed by atoms with Gasteiger partial charge in [0.1, 0.15) is 12.4 Å². The predicted molar refractivity (Wildman–Crippen MR) is 121 cm³/mol. The topological polar surface area (TPSA) is 49.9 Å². The second-order valence-corrected chi connectivity index (χ2v) is 8.60. The first-order valence-electron chi connectivity index (χ1n) is 11.6. The molecular formula is C26H32N2O3. The molecule has 31 heavy (non-hydrogen) atoms. The summed E-state index contributed by atoms with van der Waals surface area (Å²) in [6.45, 7) is 3.59. The number of piperidine rings is 1. The van der Waals surface area contributed by atoms with Gasteiger partial charge in [0.2, 0.25) is 5.91 Å². The van der Waals surface area contributed by atoms with Gasteiger partial charge in [-0.25, -0.2) is 0 Å². The lowest BCUT2D eigenvalue weighted by atomic mass is 9.94. The number of para-hydroxylation sites is 1. The van der Waals surface area contributed by atoms with Crippen LogP contribution in [-0.4, -0.2) is 47.8 Å². The summed E-state index contributed by atoms with van der Waals surface area (Å²) in [6.07, 6.45) is 6.24. The average Bonchev–Trinajstić information content (AvgIpc) is 3.13. The van der Waals surface area contributed by atoms with Crippen molar-refractivity contribution in [1.29, 1.82) is 0 Å². The Hall–Kier alpha value is -2.82. The number of likely N-dealkylation sites (tertiary alicyclic amines) is 2. The smallest absolute Gasteiger partial charge is 0.253 e. The second kappa shape index (κ2) is 10.5. The lowest BCUT2D eigenvalue weighted by Crippen LogP contribution is -2.44. The van der Waals surface area contributed by atoms with E-state index in [9.17, 15) is 9.59 Å². The minimum absolute atomic E-state index is 0.0520. The molecule has 0 saturated carbocycles. The largest absolute Gasteiger partial charge is 0.489 e. The zero-order valence-corrected chi connectivity index (χ0v) is 18.2. The number of carbonyl (C=O) groups excluding carboxylic acids is 2. The molecule has 2 amide bonds. The molecule has 5 heteroatoms. The van der Waals surface area contributed by atoms with Crippen molar-refractivity contribution in [2.75, 3.05) is 26.2 Å². The Balaban J connectivity index is 1.26. The minimum atomic E-state index is 0.0520. The van der Waals surface area contributed by atoms with E-state index in [1.807, 2.05) is 59.5 Å². The van der Waals surface area contributed by atoms with E-state index in [0.29, 0.717) is 31.2 Å². The van der Waals surface area contributed by atoms with E-state index in [4.69, 9.17) is 4.74 Å². The monoisotopic (exact) mass is 420 g/mol. The highest BCUT2D eigenvalue weighted by Crippen LogP contribution is 2.23. The van der Waals surface area contributed by atoms with Crippen LogP contribution in [0.5, 0.6) is 5.75 Å². The summed E-state index contributed by atoms with van der Waals surface area (Å²) < 4.78 is 5.77. The molecule has 2 fully saturated rings. The molecule has 0 aliphatic carbocycles. The van der Waals surface area contributed by atoms with Gasteiger partial charge in [0.25, 0.3) is 5.91 Å². The summed E-state index contributed by atoms with van der Waals surface area (Å²) in [4.78, 5) is 29.7. The summed E-state index contributed by atoms with van der Waals surface area (Å²) in [5, 5.41) is 0. The van der Waals surface area contributed by atoms with Crippen molar-refractivity contribution in [2.45, 2.75) is 45.1 Å². The number of ether oxygens (including phenoxy) is 1. The molecule has 164 valence electrons. The number of carbonyl (C=O) groups is 2. The summed E-state index contributed by atoms with van der Waals surface area (Å²) in [5.74, 6) is 1.26. The van der Waals surface area contributed by atoms with Gasteiger partial charge in [0.15, 0.2) is 0 Å². The summed E-state index contributed by atoms with van der Waals surface area (Å²) in [7, 11) is 0. The molecule has 0 unspecified atom stereocenters. The Bertz CT molecular complexity index is 850. The van der Waals surface area contributed by atoms with Crippen molar-refractivity contribution < 1.29 is 14.3 Å². The van der Waals surface area contributed by atoms with Crippen LogP contribution in [0, 0.1) is 5.92 Å². The molecule has 2 aromatic rings. The third kappa shape index (κ3) is 5.66. The van der Waals surface area contributed by atoms with Crippen LogP contribution in [0.25, 0.3) is 0 Å². The zero-order valence-electron chi connectivity index (χ0n) is 18.2. The molecule has 0 N–H and O–H groups in total. The van der Waals surface area contributed by atoms with Crippen LogP contribution in [0.1, 0.15) is 54.4 Å². The van der Waals surface area contributed by atoms with Gasteiger partial charge < -0.3 is 14.5 Å². The number of hydrogen-bond donors (Lipinski definition) is 0. The normalized spacial score (nSPS) is 17.8. The lowest BCUT2D eigenvalue weighted by Gasteiger charge is -2.34. The van der Waals surface area contributed by atoms with Crippen LogP contribution < -0.4 is 4.74 Å². The zero-order chi connectivity index (χ0) is 21.5. The van der Waals surface area contributed by atoms with E-state index in [-0.39, 0.29) is 11.8 Å². The van der Waals surface area contributed by atoms with Crippen molar-refractivity contribution in [3.8, 4) is 5.75 Å². The van der Waals surface area contributed by atoms with Crippen molar-refractivity contribution in [3.05, 3.63) is 65.7 Å². The van der Waals surface area contributed by atoms with Crippen LogP contribution in [0.4, 0.5) is 0 Å². The minimum Gasteiger partial charge on any atom is -0.489 e. The van der Waals surface area contributed by atoms with Crippen molar-refractivity contribution in [3.63, 3.8) is 0 Å². The van der Waals surface area contributed by atoms with E-state index in [1.165, 1.54) is 12.8 Å². The van der Waals surface area contributed by atoms with Gasteiger partial charge in [-0.2, -0.15) is 0 Å². The number of amides is 2. The molecule has 2 aromatic carbocycles. The Morgan fingerprint density at radius 3 is 2.06 bits per heavy atom. The molecule has 2 aliphatic heterocycles. The standard InChI is InChI=1S/C26H32N2O3/c29-25(22-12-10-21(11-13-22)20-31-24-8-4-3-5-9-24)28-18-14-23(15-19-28)26(30)27-16-6-1-2-7-17-27/h3-5,8-13,23H,1-2,6-7,14-20H2. The number of nitrogens with zero attached hydrogens (tertiary/aromatic N) is 2. The molecule has 5 nitrogen and oxygen atoms in total. The van der Waals surface area contributed by atoms with Crippen molar-refractivity contribution in [1.82, 2.24) is 9.80 Å². The quantitative estimate of drug-likeness (QED) is 0.715. The summed E-state index contributed by atoms with van der Waals surface area (Å²) in [5.41, 5.74) is 1.72. The molecular weight excluding hydrogens is 388 g/mol. The second-order valence-electron chi connectivity index (χ2n) is 8.60. The molecule has 2 heterocycles. The molecule has 0 radical (unpaired) electrons. The summed E-state index contributed by atoms with van der Waals surface area (Å²) in [6, 6.07) is 17.4. The van der Waals surface area contributed by atoms with Crippen molar-refractivity contribution in [2.24, 2.45) is 5.92 Å². The van der Waals surface area contributed by atoms with Gasteiger partial charge in [0, 0.05) is 37.7 Å². The van der Waals surface area contributed by atoms with Gasteiger partial charge in [0.05, 0.1) is 0 Å². The van der Waals surface area contributed by atoms with Gasteiger partial charge >= 0.3 is 0 Å². The third-order valence-corrected chi connectivity index (χ3v) is 6.40. The lowest BCUT2D eigenvalue weighted by molar-refractivity contribution is -0.136. The maximum absolute atomic E-state index is 12.9. The molecule has 0 spiro atoms. The van der Waals surface area contributed by atoms with Gasteiger partial charge in [-0.1, -0.05) is 43.2 Å². The van der Waals surface area contributed by atoms with Crippen molar-refractivity contribution >= 4 is 11.8 Å². The molecule has 2 saturated heterocycles. The Morgan fingerprint density at radius 2 is 1.42 bits per heavy atom. The first-order valence-corrected chi connectivity index (χ1v) is 11.6. The maximum Gasteiger partial charge on any atom is 0.253 e. The first-order chi connectivity index (χ1) is 15.2. The highest BCUT2D eigenvalue weighted by molar-refractivity contribution is 5.94. The fourth-order valence-corrected chi connectivity index (χ4v) is 4.49. The van der Waals surface area contributed by atoms with Crippen LogP contribution in [0.2, 0.25) is 0 Å². The molecule has 4 rings (SSSR count). The number of rotatable bonds is 5. The SMILES string of the molecule is O=C(c1ccc(COc2ccccc2)cc1)N1CCC(C(=O)N2CCCCCC2)CC1. The number of hydrogen-bond acceptors (Lipinski definition) is 3. The Labute approximate surface area is 185 Å². The maximum atomic E-state index is 12.9. The van der Waals surface area contributed by atoms with E-state index < -0.39 is 0 Å². The molecule has 2 aliphatic rings.